The molecule has 0 heterocycles. The van der Waals surface area contributed by atoms with E-state index >= 15 is 0 Å². The Morgan fingerprint density at radius 1 is 0.710 bits per heavy atom. The first kappa shape index (κ1) is 29.1. The second-order valence-electron chi connectivity index (χ2n) is 6.53. The van der Waals surface area contributed by atoms with E-state index in [1.165, 1.54) is 0 Å². The number of rotatable bonds is 11. The van der Waals surface area contributed by atoms with E-state index in [-0.39, 0.29) is 15.9 Å². The van der Waals surface area contributed by atoms with Gasteiger partial charge in [-0.2, -0.15) is 0 Å². The van der Waals surface area contributed by atoms with Crippen molar-refractivity contribution >= 4 is 127 Å². The maximum Gasteiger partial charge on any atom is 0.154 e. The summed E-state index contributed by atoms with van der Waals surface area (Å²) in [6.45, 7) is 2.18. The molecule has 31 heavy (non-hydrogen) atoms. The molecule has 0 N–H and O–H groups in total. The molecule has 0 saturated heterocycles. The van der Waals surface area contributed by atoms with Gasteiger partial charge < -0.3 is 9.47 Å². The van der Waals surface area contributed by atoms with Crippen LogP contribution in [0.25, 0.3) is 0 Å². The first-order chi connectivity index (χ1) is 14.7. The zero-order valence-corrected chi connectivity index (χ0v) is 29.1. The zero-order chi connectivity index (χ0) is 23.1. The standard InChI is InChI=1S/C21H20Br8O2/c1-2-11(12-3-5-14(24)18(28)20(12)30-16(26)7-9-22)13-4-6-15(25)19(29)21(13)31-17(27)8-10-23/h3-6,11,16-17H,2,7-10H2,1H3. The zero-order valence-electron chi connectivity index (χ0n) is 16.4. The number of alkyl halides is 4. The van der Waals surface area contributed by atoms with Gasteiger partial charge in [0.15, 0.2) is 10.0 Å². The van der Waals surface area contributed by atoms with Gasteiger partial charge in [-0.15, -0.1) is 0 Å². The molecule has 2 atom stereocenters. The van der Waals surface area contributed by atoms with Gasteiger partial charge in [-0.3, -0.25) is 0 Å². The van der Waals surface area contributed by atoms with Gasteiger partial charge in [-0.1, -0.05) is 50.9 Å². The molecule has 0 saturated carbocycles. The van der Waals surface area contributed by atoms with Crippen molar-refractivity contribution in [3.63, 3.8) is 0 Å². The molecule has 0 aliphatic heterocycles. The number of hydrogen-bond donors (Lipinski definition) is 0. The summed E-state index contributed by atoms with van der Waals surface area (Å²) < 4.78 is 16.4. The molecule has 2 aromatic carbocycles. The van der Waals surface area contributed by atoms with E-state index in [2.05, 4.69) is 159 Å². The van der Waals surface area contributed by atoms with Crippen LogP contribution in [0.1, 0.15) is 43.2 Å². The molecule has 0 aliphatic carbocycles. The molecular formula is C21H20Br8O2. The summed E-state index contributed by atoms with van der Waals surface area (Å²) >= 11 is 28.9. The van der Waals surface area contributed by atoms with E-state index in [0.29, 0.717) is 0 Å². The fourth-order valence-electron chi connectivity index (χ4n) is 3.03. The van der Waals surface area contributed by atoms with Gasteiger partial charge in [-0.05, 0) is 114 Å². The Labute approximate surface area is 251 Å². The summed E-state index contributed by atoms with van der Waals surface area (Å²) in [6, 6.07) is 8.34. The Morgan fingerprint density at radius 2 is 1.10 bits per heavy atom. The second-order valence-corrected chi connectivity index (χ2v) is 13.5. The minimum absolute atomic E-state index is 0.0751. The average molecular weight is 944 g/mol. The van der Waals surface area contributed by atoms with Crippen molar-refractivity contribution in [2.75, 3.05) is 10.7 Å². The first-order valence-electron chi connectivity index (χ1n) is 9.44. The van der Waals surface area contributed by atoms with Crippen LogP contribution in [0.15, 0.2) is 42.2 Å². The minimum Gasteiger partial charge on any atom is -0.478 e. The van der Waals surface area contributed by atoms with Crippen molar-refractivity contribution in [1.82, 2.24) is 0 Å². The Kier molecular flexibility index (Phi) is 13.6. The normalized spacial score (nSPS) is 14.2. The predicted octanol–water partition coefficient (Wildman–Crippen LogP) is 11.0. The Bertz CT molecular complexity index is 807. The van der Waals surface area contributed by atoms with Gasteiger partial charge in [0.25, 0.3) is 0 Å². The highest BCUT2D eigenvalue weighted by atomic mass is 79.9. The number of ether oxygens (including phenoxy) is 2. The average Bonchev–Trinajstić information content (AvgIpc) is 2.72. The highest BCUT2D eigenvalue weighted by Gasteiger charge is 2.27. The molecule has 2 aromatic rings. The fourth-order valence-corrected chi connectivity index (χ4v) is 7.46. The lowest BCUT2D eigenvalue weighted by Gasteiger charge is -2.26. The van der Waals surface area contributed by atoms with E-state index in [0.717, 1.165) is 70.4 Å². The Balaban J connectivity index is 2.61. The van der Waals surface area contributed by atoms with Crippen molar-refractivity contribution in [3.8, 4) is 11.5 Å². The van der Waals surface area contributed by atoms with E-state index in [1.807, 2.05) is 0 Å². The molecule has 2 unspecified atom stereocenters. The summed E-state index contributed by atoms with van der Waals surface area (Å²) in [5.74, 6) is 1.72. The monoisotopic (exact) mass is 935 g/mol. The molecule has 172 valence electrons. The maximum atomic E-state index is 6.35. The minimum atomic E-state index is -0.105. The fraction of sp³-hybridized carbons (Fsp3) is 0.429. The topological polar surface area (TPSA) is 18.5 Å². The van der Waals surface area contributed by atoms with Gasteiger partial charge in [0.1, 0.15) is 11.5 Å². The summed E-state index contributed by atoms with van der Waals surface area (Å²) in [7, 11) is 0. The largest absolute Gasteiger partial charge is 0.478 e. The van der Waals surface area contributed by atoms with Crippen LogP contribution < -0.4 is 9.47 Å². The van der Waals surface area contributed by atoms with Gasteiger partial charge in [-0.25, -0.2) is 0 Å². The molecule has 0 fully saturated rings. The second kappa shape index (κ2) is 14.4. The van der Waals surface area contributed by atoms with E-state index < -0.39 is 0 Å². The number of hydrogen-bond acceptors (Lipinski definition) is 2. The van der Waals surface area contributed by atoms with Crippen LogP contribution in [0.4, 0.5) is 0 Å². The van der Waals surface area contributed by atoms with Crippen molar-refractivity contribution in [1.29, 1.82) is 0 Å². The molecule has 0 bridgehead atoms. The SMILES string of the molecule is CCC(c1ccc(Br)c(Br)c1OC(Br)CCBr)c1ccc(Br)c(Br)c1OC(Br)CCBr. The summed E-state index contributed by atoms with van der Waals surface area (Å²) in [5, 5.41) is 1.48. The van der Waals surface area contributed by atoms with Crippen molar-refractivity contribution < 1.29 is 9.47 Å². The summed E-state index contributed by atoms with van der Waals surface area (Å²) in [5.41, 5.74) is 2.20. The van der Waals surface area contributed by atoms with Gasteiger partial charge in [0, 0.05) is 49.5 Å². The summed E-state index contributed by atoms with van der Waals surface area (Å²) in [4.78, 5) is 0. The van der Waals surface area contributed by atoms with E-state index in [4.69, 9.17) is 9.47 Å². The third kappa shape index (κ3) is 7.94. The molecule has 0 aliphatic rings. The molecular weight excluding hydrogens is 923 g/mol. The Morgan fingerprint density at radius 3 is 1.42 bits per heavy atom. The van der Waals surface area contributed by atoms with Crippen LogP contribution in [0.3, 0.4) is 0 Å². The molecule has 0 aromatic heterocycles. The first-order valence-corrected chi connectivity index (χ1v) is 16.7. The molecule has 0 amide bonds. The van der Waals surface area contributed by atoms with Gasteiger partial charge in [0.05, 0.1) is 8.95 Å². The van der Waals surface area contributed by atoms with Crippen molar-refractivity contribution in [2.24, 2.45) is 0 Å². The smallest absolute Gasteiger partial charge is 0.154 e. The molecule has 0 spiro atoms. The van der Waals surface area contributed by atoms with Crippen LogP contribution >= 0.6 is 127 Å². The molecule has 2 nitrogen and oxygen atoms in total. The van der Waals surface area contributed by atoms with Crippen LogP contribution in [-0.2, 0) is 0 Å². The van der Waals surface area contributed by atoms with E-state index in [9.17, 15) is 0 Å². The lowest BCUT2D eigenvalue weighted by Crippen LogP contribution is -2.14. The third-order valence-electron chi connectivity index (χ3n) is 4.48. The lowest BCUT2D eigenvalue weighted by molar-refractivity contribution is 0.281. The highest BCUT2D eigenvalue weighted by molar-refractivity contribution is 9.13. The third-order valence-corrected chi connectivity index (χ3v) is 10.6. The molecule has 10 heteroatoms. The quantitative estimate of drug-likeness (QED) is 0.209. The lowest BCUT2D eigenvalue weighted by atomic mass is 9.88. The molecule has 0 radical (unpaired) electrons. The maximum absolute atomic E-state index is 6.35. The van der Waals surface area contributed by atoms with Gasteiger partial charge in [0.2, 0.25) is 0 Å². The van der Waals surface area contributed by atoms with E-state index in [1.54, 1.807) is 0 Å². The number of benzene rings is 2. The Hall–Kier alpha value is 1.88. The van der Waals surface area contributed by atoms with Gasteiger partial charge >= 0.3 is 0 Å². The van der Waals surface area contributed by atoms with Crippen LogP contribution in [0, 0.1) is 0 Å². The van der Waals surface area contributed by atoms with Crippen LogP contribution in [0.2, 0.25) is 0 Å². The summed E-state index contributed by atoms with van der Waals surface area (Å²) in [6.07, 6.45) is 2.56. The van der Waals surface area contributed by atoms with Crippen molar-refractivity contribution in [3.05, 3.63) is 53.3 Å². The highest BCUT2D eigenvalue weighted by Crippen LogP contribution is 2.48. The molecule has 2 rings (SSSR count). The predicted molar refractivity (Wildman–Crippen MR) is 159 cm³/mol. The van der Waals surface area contributed by atoms with Crippen molar-refractivity contribution in [2.45, 2.75) is 42.1 Å². The van der Waals surface area contributed by atoms with Crippen LogP contribution in [-0.4, -0.2) is 20.7 Å². The number of halogens is 8. The van der Waals surface area contributed by atoms with Crippen LogP contribution in [0.5, 0.6) is 11.5 Å².